The van der Waals surface area contributed by atoms with Gasteiger partial charge < -0.3 is 16.0 Å². The number of carbonyl (C=O) groups excluding carboxylic acids is 2. The van der Waals surface area contributed by atoms with E-state index >= 15 is 0 Å². The average Bonchev–Trinajstić information content (AvgIpc) is 2.15. The molecule has 0 saturated carbocycles. The molecule has 3 N–H and O–H groups in total. The Morgan fingerprint density at radius 2 is 1.85 bits per heavy atom. The van der Waals surface area contributed by atoms with Gasteiger partial charge in [0.1, 0.15) is 0 Å². The van der Waals surface area contributed by atoms with E-state index in [9.17, 15) is 9.59 Å². The molecule has 2 amide bonds. The summed E-state index contributed by atoms with van der Waals surface area (Å²) in [7, 11) is 3.17. The fraction of sp³-hybridized carbons (Fsp3) is 0.750. The van der Waals surface area contributed by atoms with Gasteiger partial charge in [0.25, 0.3) is 0 Å². The van der Waals surface area contributed by atoms with Crippen LogP contribution in [0.25, 0.3) is 0 Å². The molecule has 0 saturated heterocycles. The summed E-state index contributed by atoms with van der Waals surface area (Å²) in [6.07, 6.45) is 0.387. The number of nitrogens with one attached hydrogen (secondary N) is 3. The van der Waals surface area contributed by atoms with Gasteiger partial charge in [0, 0.05) is 27.1 Å². The molecule has 0 rings (SSSR count). The first-order valence-electron chi connectivity index (χ1n) is 4.27. The molecule has 5 nitrogen and oxygen atoms in total. The lowest BCUT2D eigenvalue weighted by Gasteiger charge is -2.11. The molecule has 1 unspecified atom stereocenters. The third-order valence-electron chi connectivity index (χ3n) is 1.72. The second-order valence-electron chi connectivity index (χ2n) is 2.71. The summed E-state index contributed by atoms with van der Waals surface area (Å²) >= 11 is 0. The monoisotopic (exact) mass is 187 g/mol. The van der Waals surface area contributed by atoms with Crippen molar-refractivity contribution in [1.29, 1.82) is 0 Å². The van der Waals surface area contributed by atoms with Gasteiger partial charge in [0.2, 0.25) is 11.8 Å². The smallest absolute Gasteiger partial charge is 0.236 e. The number of likely N-dealkylation sites (N-methyl/N-ethyl adjacent to an activating group) is 1. The molecule has 76 valence electrons. The minimum atomic E-state index is -0.255. The first-order valence-corrected chi connectivity index (χ1v) is 4.27. The molecule has 0 aliphatic rings. The predicted octanol–water partition coefficient (Wildman–Crippen LogP) is -1.15. The minimum Gasteiger partial charge on any atom is -0.359 e. The summed E-state index contributed by atoms with van der Waals surface area (Å²) in [5.74, 6) is -0.103. The third-order valence-corrected chi connectivity index (χ3v) is 1.72. The summed E-state index contributed by atoms with van der Waals surface area (Å²) < 4.78 is 0. The molecule has 5 heteroatoms. The topological polar surface area (TPSA) is 70.2 Å². The molecule has 0 aromatic rings. The first kappa shape index (κ1) is 11.9. The highest BCUT2D eigenvalue weighted by Gasteiger charge is 2.09. The summed E-state index contributed by atoms with van der Waals surface area (Å²) in [6, 6.07) is -0.255. The molecule has 0 heterocycles. The summed E-state index contributed by atoms with van der Waals surface area (Å²) in [5, 5.41) is 7.94. The van der Waals surface area contributed by atoms with Gasteiger partial charge in [-0.3, -0.25) is 9.59 Å². The van der Waals surface area contributed by atoms with Gasteiger partial charge in [-0.05, 0) is 6.92 Å². The van der Waals surface area contributed by atoms with Crippen LogP contribution in [0.1, 0.15) is 13.3 Å². The van der Waals surface area contributed by atoms with E-state index in [1.807, 2.05) is 0 Å². The zero-order valence-electron chi connectivity index (χ0n) is 8.31. The van der Waals surface area contributed by atoms with Crippen LogP contribution in [0, 0.1) is 0 Å². The Labute approximate surface area is 78.3 Å². The minimum absolute atomic E-state index is 0.0309. The van der Waals surface area contributed by atoms with Crippen molar-refractivity contribution in [2.75, 3.05) is 20.6 Å². The van der Waals surface area contributed by atoms with Gasteiger partial charge in [-0.2, -0.15) is 0 Å². The molecular formula is C8H17N3O2. The second kappa shape index (κ2) is 6.42. The van der Waals surface area contributed by atoms with Crippen molar-refractivity contribution >= 4 is 11.8 Å². The SMILES string of the molecule is CNC(=O)CCNC(C)C(=O)NC. The molecule has 0 aromatic heterocycles. The van der Waals surface area contributed by atoms with Crippen molar-refractivity contribution in [1.82, 2.24) is 16.0 Å². The van der Waals surface area contributed by atoms with E-state index < -0.39 is 0 Å². The molecule has 0 bridgehead atoms. The van der Waals surface area contributed by atoms with Crippen molar-refractivity contribution in [2.24, 2.45) is 0 Å². The predicted molar refractivity (Wildman–Crippen MR) is 50.2 cm³/mol. The van der Waals surface area contributed by atoms with E-state index in [2.05, 4.69) is 16.0 Å². The van der Waals surface area contributed by atoms with Crippen molar-refractivity contribution < 1.29 is 9.59 Å². The van der Waals surface area contributed by atoms with Gasteiger partial charge in [-0.25, -0.2) is 0 Å². The van der Waals surface area contributed by atoms with Crippen LogP contribution in [0.5, 0.6) is 0 Å². The Bertz CT molecular complexity index is 182. The summed E-state index contributed by atoms with van der Waals surface area (Å²) in [6.45, 7) is 2.26. The van der Waals surface area contributed by atoms with Gasteiger partial charge in [0.05, 0.1) is 6.04 Å². The molecule has 0 fully saturated rings. The lowest BCUT2D eigenvalue weighted by Crippen LogP contribution is -2.41. The van der Waals surface area contributed by atoms with Crippen LogP contribution in [0.15, 0.2) is 0 Å². The molecule has 1 atom stereocenters. The Morgan fingerprint density at radius 3 is 2.31 bits per heavy atom. The van der Waals surface area contributed by atoms with Crippen molar-refractivity contribution in [3.05, 3.63) is 0 Å². The highest BCUT2D eigenvalue weighted by molar-refractivity contribution is 5.81. The van der Waals surface area contributed by atoms with Gasteiger partial charge in [-0.15, -0.1) is 0 Å². The molecule has 0 aliphatic carbocycles. The van der Waals surface area contributed by atoms with Crippen LogP contribution in [-0.2, 0) is 9.59 Å². The molecule has 13 heavy (non-hydrogen) atoms. The highest BCUT2D eigenvalue weighted by atomic mass is 16.2. The molecule has 0 aromatic carbocycles. The van der Waals surface area contributed by atoms with E-state index in [0.717, 1.165) is 0 Å². The maximum Gasteiger partial charge on any atom is 0.236 e. The Morgan fingerprint density at radius 1 is 1.23 bits per heavy atom. The van der Waals surface area contributed by atoms with Crippen molar-refractivity contribution in [3.63, 3.8) is 0 Å². The Kier molecular flexibility index (Phi) is 5.88. The zero-order valence-corrected chi connectivity index (χ0v) is 8.31. The van der Waals surface area contributed by atoms with Crippen LogP contribution in [-0.4, -0.2) is 38.5 Å². The first-order chi connectivity index (χ1) is 6.11. The van der Waals surface area contributed by atoms with E-state index in [0.29, 0.717) is 13.0 Å². The van der Waals surface area contributed by atoms with Crippen LogP contribution < -0.4 is 16.0 Å². The summed E-state index contributed by atoms with van der Waals surface area (Å²) in [4.78, 5) is 21.8. The second-order valence-corrected chi connectivity index (χ2v) is 2.71. The van der Waals surface area contributed by atoms with Gasteiger partial charge >= 0.3 is 0 Å². The van der Waals surface area contributed by atoms with Gasteiger partial charge in [-0.1, -0.05) is 0 Å². The molecule has 0 radical (unpaired) electrons. The van der Waals surface area contributed by atoms with Crippen LogP contribution in [0.2, 0.25) is 0 Å². The van der Waals surface area contributed by atoms with Gasteiger partial charge in [0.15, 0.2) is 0 Å². The average molecular weight is 187 g/mol. The number of rotatable bonds is 5. The number of amides is 2. The van der Waals surface area contributed by atoms with Crippen LogP contribution in [0.3, 0.4) is 0 Å². The fourth-order valence-electron chi connectivity index (χ4n) is 0.836. The van der Waals surface area contributed by atoms with E-state index in [4.69, 9.17) is 0 Å². The molecule has 0 spiro atoms. The largest absolute Gasteiger partial charge is 0.359 e. The fourth-order valence-corrected chi connectivity index (χ4v) is 0.836. The number of carbonyl (C=O) groups is 2. The standard InChI is InChI=1S/C8H17N3O2/c1-6(8(13)10-3)11-5-4-7(12)9-2/h6,11H,4-5H2,1-3H3,(H,9,12)(H,10,13). The molecular weight excluding hydrogens is 170 g/mol. The van der Waals surface area contributed by atoms with E-state index in [-0.39, 0.29) is 17.9 Å². The Balaban J connectivity index is 3.53. The number of hydrogen-bond donors (Lipinski definition) is 3. The van der Waals surface area contributed by atoms with Crippen molar-refractivity contribution in [2.45, 2.75) is 19.4 Å². The van der Waals surface area contributed by atoms with Crippen molar-refractivity contribution in [3.8, 4) is 0 Å². The van der Waals surface area contributed by atoms with E-state index in [1.165, 1.54) is 0 Å². The number of hydrogen-bond acceptors (Lipinski definition) is 3. The lowest BCUT2D eigenvalue weighted by molar-refractivity contribution is -0.123. The maximum atomic E-state index is 11.0. The maximum absolute atomic E-state index is 11.0. The Hall–Kier alpha value is -1.10. The van der Waals surface area contributed by atoms with Crippen LogP contribution >= 0.6 is 0 Å². The normalized spacial score (nSPS) is 11.9. The lowest BCUT2D eigenvalue weighted by atomic mass is 10.3. The third kappa shape index (κ3) is 5.19. The quantitative estimate of drug-likeness (QED) is 0.509. The van der Waals surface area contributed by atoms with E-state index in [1.54, 1.807) is 21.0 Å². The summed E-state index contributed by atoms with van der Waals surface area (Å²) in [5.41, 5.74) is 0. The zero-order chi connectivity index (χ0) is 10.3. The molecule has 0 aliphatic heterocycles. The highest BCUT2D eigenvalue weighted by Crippen LogP contribution is 1.82. The van der Waals surface area contributed by atoms with Crippen LogP contribution in [0.4, 0.5) is 0 Å².